The third kappa shape index (κ3) is 2.87. The van der Waals surface area contributed by atoms with Crippen LogP contribution in [0.1, 0.15) is 31.2 Å². The van der Waals surface area contributed by atoms with Crippen LogP contribution in [0, 0.1) is 12.8 Å². The first-order valence-corrected chi connectivity index (χ1v) is 7.08. The maximum absolute atomic E-state index is 9.26. The van der Waals surface area contributed by atoms with Crippen molar-refractivity contribution in [1.82, 2.24) is 14.7 Å². The van der Waals surface area contributed by atoms with E-state index in [1.54, 1.807) is 0 Å². The normalized spacial score (nSPS) is 21.4. The summed E-state index contributed by atoms with van der Waals surface area (Å²) in [5.41, 5.74) is 2.01. The van der Waals surface area contributed by atoms with E-state index in [1.807, 2.05) is 11.6 Å². The van der Waals surface area contributed by atoms with Crippen molar-refractivity contribution >= 4 is 11.6 Å². The molecular formula is C13H22ClN3O. The quantitative estimate of drug-likeness (QED) is 0.912. The minimum Gasteiger partial charge on any atom is -0.396 e. The molecule has 1 unspecified atom stereocenters. The van der Waals surface area contributed by atoms with Gasteiger partial charge in [-0.15, -0.1) is 0 Å². The molecule has 4 nitrogen and oxygen atoms in total. The molecular weight excluding hydrogens is 250 g/mol. The molecule has 0 spiro atoms. The molecule has 0 saturated carbocycles. The van der Waals surface area contributed by atoms with Crippen LogP contribution in [0.4, 0.5) is 0 Å². The lowest BCUT2D eigenvalue weighted by atomic mass is 9.99. The number of aryl methyl sites for hydroxylation is 2. The molecule has 1 aliphatic rings. The SMILES string of the molecule is CCn1nc(C)c(Cl)c1CN1CCCC(CO)C1. The standard InChI is InChI=1S/C13H22ClN3O/c1-3-17-12(13(14)10(2)15-17)8-16-6-4-5-11(7-16)9-18/h11,18H,3-9H2,1-2H3. The number of nitrogens with zero attached hydrogens (tertiary/aromatic N) is 3. The molecule has 1 N–H and O–H groups in total. The average Bonchev–Trinajstić information content (AvgIpc) is 2.67. The summed E-state index contributed by atoms with van der Waals surface area (Å²) < 4.78 is 1.99. The van der Waals surface area contributed by atoms with E-state index in [0.29, 0.717) is 5.92 Å². The molecule has 1 aromatic rings. The molecule has 1 saturated heterocycles. The van der Waals surface area contributed by atoms with E-state index in [1.165, 1.54) is 0 Å². The lowest BCUT2D eigenvalue weighted by molar-refractivity contribution is 0.114. The van der Waals surface area contributed by atoms with Crippen LogP contribution in [-0.4, -0.2) is 39.5 Å². The van der Waals surface area contributed by atoms with E-state index in [4.69, 9.17) is 11.6 Å². The Labute approximate surface area is 114 Å². The van der Waals surface area contributed by atoms with Crippen LogP contribution in [0.2, 0.25) is 5.02 Å². The fourth-order valence-electron chi connectivity index (χ4n) is 2.68. The highest BCUT2D eigenvalue weighted by atomic mass is 35.5. The molecule has 1 aliphatic heterocycles. The third-order valence-electron chi connectivity index (χ3n) is 3.69. The Morgan fingerprint density at radius 3 is 2.94 bits per heavy atom. The van der Waals surface area contributed by atoms with E-state index in [0.717, 1.165) is 55.4 Å². The molecule has 0 radical (unpaired) electrons. The number of hydrogen-bond donors (Lipinski definition) is 1. The number of aliphatic hydroxyl groups is 1. The summed E-state index contributed by atoms with van der Waals surface area (Å²) in [6.07, 6.45) is 2.29. The maximum Gasteiger partial charge on any atom is 0.0860 e. The first-order valence-electron chi connectivity index (χ1n) is 6.70. The zero-order chi connectivity index (χ0) is 13.1. The molecule has 1 atom stereocenters. The van der Waals surface area contributed by atoms with Crippen LogP contribution < -0.4 is 0 Å². The molecule has 0 amide bonds. The van der Waals surface area contributed by atoms with E-state index >= 15 is 0 Å². The van der Waals surface area contributed by atoms with Gasteiger partial charge in [-0.2, -0.15) is 5.10 Å². The smallest absolute Gasteiger partial charge is 0.0860 e. The Balaban J connectivity index is 2.08. The van der Waals surface area contributed by atoms with Gasteiger partial charge < -0.3 is 5.11 Å². The number of aromatic nitrogens is 2. The first kappa shape index (κ1) is 13.8. The Morgan fingerprint density at radius 1 is 1.50 bits per heavy atom. The summed E-state index contributed by atoms with van der Waals surface area (Å²) >= 11 is 6.32. The van der Waals surface area contributed by atoms with Crippen molar-refractivity contribution in [2.45, 2.75) is 39.8 Å². The topological polar surface area (TPSA) is 41.3 Å². The second kappa shape index (κ2) is 6.04. The van der Waals surface area contributed by atoms with Gasteiger partial charge in [-0.1, -0.05) is 11.6 Å². The lowest BCUT2D eigenvalue weighted by Crippen LogP contribution is -2.36. The molecule has 2 heterocycles. The molecule has 18 heavy (non-hydrogen) atoms. The number of hydrogen-bond acceptors (Lipinski definition) is 3. The minimum absolute atomic E-state index is 0.288. The second-order valence-electron chi connectivity index (χ2n) is 5.09. The van der Waals surface area contributed by atoms with Gasteiger partial charge in [0.05, 0.1) is 16.4 Å². The van der Waals surface area contributed by atoms with Crippen molar-refractivity contribution in [3.05, 3.63) is 16.4 Å². The molecule has 5 heteroatoms. The molecule has 0 aliphatic carbocycles. The van der Waals surface area contributed by atoms with E-state index in [9.17, 15) is 5.11 Å². The van der Waals surface area contributed by atoms with Crippen LogP contribution in [0.15, 0.2) is 0 Å². The van der Waals surface area contributed by atoms with E-state index in [2.05, 4.69) is 16.9 Å². The number of piperidine rings is 1. The lowest BCUT2D eigenvalue weighted by Gasteiger charge is -2.31. The molecule has 1 fully saturated rings. The summed E-state index contributed by atoms with van der Waals surface area (Å²) in [6, 6.07) is 0. The van der Waals surface area contributed by atoms with Crippen molar-refractivity contribution in [3.63, 3.8) is 0 Å². The van der Waals surface area contributed by atoms with Crippen molar-refractivity contribution in [2.24, 2.45) is 5.92 Å². The minimum atomic E-state index is 0.288. The number of rotatable bonds is 4. The van der Waals surface area contributed by atoms with Crippen LogP contribution in [0.25, 0.3) is 0 Å². The summed E-state index contributed by atoms with van der Waals surface area (Å²) in [7, 11) is 0. The average molecular weight is 272 g/mol. The summed E-state index contributed by atoms with van der Waals surface area (Å²) in [4.78, 5) is 2.37. The Hall–Kier alpha value is -0.580. The van der Waals surface area contributed by atoms with Crippen molar-refractivity contribution in [1.29, 1.82) is 0 Å². The summed E-state index contributed by atoms with van der Waals surface area (Å²) in [5, 5.41) is 14.5. The van der Waals surface area contributed by atoms with Gasteiger partial charge in [0.15, 0.2) is 0 Å². The molecule has 102 valence electrons. The fraction of sp³-hybridized carbons (Fsp3) is 0.769. The van der Waals surface area contributed by atoms with Gasteiger partial charge in [0.2, 0.25) is 0 Å². The van der Waals surface area contributed by atoms with Crippen molar-refractivity contribution in [3.8, 4) is 0 Å². The van der Waals surface area contributed by atoms with Gasteiger partial charge in [-0.25, -0.2) is 0 Å². The van der Waals surface area contributed by atoms with Crippen LogP contribution >= 0.6 is 11.6 Å². The molecule has 0 aromatic carbocycles. The summed E-state index contributed by atoms with van der Waals surface area (Å²) in [6.45, 7) is 8.05. The van der Waals surface area contributed by atoms with Gasteiger partial charge in [0, 0.05) is 26.2 Å². The zero-order valence-electron chi connectivity index (χ0n) is 11.2. The van der Waals surface area contributed by atoms with Gasteiger partial charge in [-0.3, -0.25) is 9.58 Å². The first-order chi connectivity index (χ1) is 8.65. The number of likely N-dealkylation sites (tertiary alicyclic amines) is 1. The summed E-state index contributed by atoms with van der Waals surface area (Å²) in [5.74, 6) is 0.414. The Kier molecular flexibility index (Phi) is 4.65. The van der Waals surface area contributed by atoms with E-state index < -0.39 is 0 Å². The second-order valence-corrected chi connectivity index (χ2v) is 5.47. The van der Waals surface area contributed by atoms with Crippen LogP contribution in [0.5, 0.6) is 0 Å². The highest BCUT2D eigenvalue weighted by Gasteiger charge is 2.22. The van der Waals surface area contributed by atoms with Gasteiger partial charge >= 0.3 is 0 Å². The Morgan fingerprint density at radius 2 is 2.28 bits per heavy atom. The van der Waals surface area contributed by atoms with Gasteiger partial charge in [0.25, 0.3) is 0 Å². The fourth-order valence-corrected chi connectivity index (χ4v) is 2.87. The maximum atomic E-state index is 9.26. The third-order valence-corrected chi connectivity index (χ3v) is 4.18. The highest BCUT2D eigenvalue weighted by Crippen LogP contribution is 2.24. The number of aliphatic hydroxyl groups excluding tert-OH is 1. The van der Waals surface area contributed by atoms with Crippen LogP contribution in [0.3, 0.4) is 0 Å². The Bertz CT molecular complexity index is 405. The van der Waals surface area contributed by atoms with Crippen molar-refractivity contribution < 1.29 is 5.11 Å². The van der Waals surface area contributed by atoms with Crippen LogP contribution in [-0.2, 0) is 13.1 Å². The van der Waals surface area contributed by atoms with Crippen molar-refractivity contribution in [2.75, 3.05) is 19.7 Å². The van der Waals surface area contributed by atoms with E-state index in [-0.39, 0.29) is 6.61 Å². The zero-order valence-corrected chi connectivity index (χ0v) is 11.9. The molecule has 1 aromatic heterocycles. The molecule has 2 rings (SSSR count). The largest absolute Gasteiger partial charge is 0.396 e. The predicted octanol–water partition coefficient (Wildman–Crippen LogP) is 2.07. The number of halogens is 1. The monoisotopic (exact) mass is 271 g/mol. The van der Waals surface area contributed by atoms with Gasteiger partial charge in [-0.05, 0) is 39.2 Å². The predicted molar refractivity (Wildman–Crippen MR) is 72.7 cm³/mol. The molecule has 0 bridgehead atoms. The van der Waals surface area contributed by atoms with Gasteiger partial charge in [0.1, 0.15) is 0 Å². The highest BCUT2D eigenvalue weighted by molar-refractivity contribution is 6.31.